The van der Waals surface area contributed by atoms with Gasteiger partial charge in [-0.1, -0.05) is 88.7 Å². The fourth-order valence-corrected chi connectivity index (χ4v) is 4.98. The molecule has 3 amide bonds. The van der Waals surface area contributed by atoms with Crippen molar-refractivity contribution in [2.45, 2.75) is 124 Å². The molecular formula is C37H55N3O6. The average Bonchev–Trinajstić information content (AvgIpc) is 2.97. The number of rotatable bonds is 14. The van der Waals surface area contributed by atoms with Crippen LogP contribution in [0.4, 0.5) is 4.79 Å². The first-order valence-corrected chi connectivity index (χ1v) is 16.5. The molecule has 0 aliphatic rings. The zero-order valence-corrected chi connectivity index (χ0v) is 29.4. The Morgan fingerprint density at radius 3 is 1.87 bits per heavy atom. The quantitative estimate of drug-likeness (QED) is 0.228. The van der Waals surface area contributed by atoms with Gasteiger partial charge in [0.2, 0.25) is 11.8 Å². The molecule has 0 saturated carbocycles. The summed E-state index contributed by atoms with van der Waals surface area (Å²) in [6.45, 7) is 18.6. The Bertz CT molecular complexity index is 1280. The van der Waals surface area contributed by atoms with Gasteiger partial charge >= 0.3 is 12.1 Å². The molecule has 2 aromatic rings. The van der Waals surface area contributed by atoms with Gasteiger partial charge in [-0.25, -0.2) is 9.59 Å². The van der Waals surface area contributed by atoms with Crippen LogP contribution in [0, 0.1) is 5.92 Å². The van der Waals surface area contributed by atoms with Crippen LogP contribution in [0.25, 0.3) is 0 Å². The van der Waals surface area contributed by atoms with E-state index in [-0.39, 0.29) is 18.9 Å². The lowest BCUT2D eigenvalue weighted by Crippen LogP contribution is -2.56. The molecule has 0 fully saturated rings. The molecule has 9 heteroatoms. The van der Waals surface area contributed by atoms with Gasteiger partial charge in [0.1, 0.15) is 29.3 Å². The maximum Gasteiger partial charge on any atom is 0.408 e. The third-order valence-electron chi connectivity index (χ3n) is 7.45. The van der Waals surface area contributed by atoms with Gasteiger partial charge in [-0.3, -0.25) is 9.59 Å². The predicted molar refractivity (Wildman–Crippen MR) is 181 cm³/mol. The van der Waals surface area contributed by atoms with Gasteiger partial charge in [0.15, 0.2) is 0 Å². The largest absolute Gasteiger partial charge is 0.458 e. The molecule has 9 nitrogen and oxygen atoms in total. The molecule has 2 rings (SSSR count). The fourth-order valence-electron chi connectivity index (χ4n) is 4.98. The third kappa shape index (κ3) is 12.1. The van der Waals surface area contributed by atoms with Crippen LogP contribution < -0.4 is 10.6 Å². The summed E-state index contributed by atoms with van der Waals surface area (Å²) >= 11 is 0. The van der Waals surface area contributed by atoms with Gasteiger partial charge in [-0.05, 0) is 77.0 Å². The zero-order valence-electron chi connectivity index (χ0n) is 29.4. The fraction of sp³-hybridized carbons (Fsp3) is 0.568. The summed E-state index contributed by atoms with van der Waals surface area (Å²) in [6.07, 6.45) is 1.47. The van der Waals surface area contributed by atoms with E-state index < -0.39 is 53.2 Å². The number of carbonyl (C=O) groups excluding carboxylic acids is 4. The van der Waals surface area contributed by atoms with Crippen molar-refractivity contribution in [1.29, 1.82) is 0 Å². The first-order valence-electron chi connectivity index (χ1n) is 16.5. The van der Waals surface area contributed by atoms with Crippen molar-refractivity contribution in [3.8, 4) is 0 Å². The normalized spacial score (nSPS) is 14.3. The van der Waals surface area contributed by atoms with Gasteiger partial charge in [0, 0.05) is 13.0 Å². The van der Waals surface area contributed by atoms with Crippen molar-refractivity contribution >= 4 is 23.9 Å². The number of carbonyl (C=O) groups is 4. The summed E-state index contributed by atoms with van der Waals surface area (Å²) in [5.41, 5.74) is 1.00. The van der Waals surface area contributed by atoms with Crippen molar-refractivity contribution in [2.24, 2.45) is 5.92 Å². The van der Waals surface area contributed by atoms with Crippen LogP contribution in [0.2, 0.25) is 0 Å². The van der Waals surface area contributed by atoms with Gasteiger partial charge in [0.25, 0.3) is 0 Å². The zero-order chi connectivity index (χ0) is 34.7. The number of ether oxygens (including phenoxy) is 2. The second kappa shape index (κ2) is 17.2. The molecule has 46 heavy (non-hydrogen) atoms. The maximum atomic E-state index is 14.5. The molecule has 0 spiro atoms. The summed E-state index contributed by atoms with van der Waals surface area (Å²) < 4.78 is 11.2. The number of nitrogens with zero attached hydrogens (tertiary/aromatic N) is 1. The van der Waals surface area contributed by atoms with Gasteiger partial charge < -0.3 is 25.0 Å². The smallest absolute Gasteiger partial charge is 0.408 e. The lowest BCUT2D eigenvalue weighted by atomic mass is 9.95. The number of hydrogen-bond donors (Lipinski definition) is 2. The van der Waals surface area contributed by atoms with Crippen molar-refractivity contribution in [2.75, 3.05) is 6.54 Å². The molecule has 0 heterocycles. The number of aryl methyl sites for hydroxylation is 1. The highest BCUT2D eigenvalue weighted by atomic mass is 16.6. The van der Waals surface area contributed by atoms with Crippen LogP contribution >= 0.6 is 0 Å². The molecule has 2 N–H and O–H groups in total. The highest BCUT2D eigenvalue weighted by Crippen LogP contribution is 2.26. The van der Waals surface area contributed by atoms with E-state index in [9.17, 15) is 19.2 Å². The Labute approximate surface area is 275 Å². The summed E-state index contributed by atoms with van der Waals surface area (Å²) in [7, 11) is 0. The highest BCUT2D eigenvalue weighted by molar-refractivity contribution is 5.94. The van der Waals surface area contributed by atoms with Crippen LogP contribution in [0.15, 0.2) is 54.6 Å². The van der Waals surface area contributed by atoms with E-state index in [1.165, 1.54) is 4.90 Å². The van der Waals surface area contributed by atoms with Crippen LogP contribution in [-0.2, 0) is 36.7 Å². The first kappa shape index (κ1) is 38.3. The molecule has 0 radical (unpaired) electrons. The summed E-state index contributed by atoms with van der Waals surface area (Å²) in [4.78, 5) is 56.8. The van der Waals surface area contributed by atoms with Crippen LogP contribution in [-0.4, -0.2) is 58.6 Å². The maximum absolute atomic E-state index is 14.5. The second-order valence-corrected chi connectivity index (χ2v) is 13.8. The molecule has 4 unspecified atom stereocenters. The summed E-state index contributed by atoms with van der Waals surface area (Å²) in [5.74, 6) is -1.74. The minimum absolute atomic E-state index is 0.209. The summed E-state index contributed by atoms with van der Waals surface area (Å²) in [5, 5.41) is 5.73. The van der Waals surface area contributed by atoms with E-state index >= 15 is 0 Å². The van der Waals surface area contributed by atoms with Crippen LogP contribution in [0.3, 0.4) is 0 Å². The lowest BCUT2D eigenvalue weighted by molar-refractivity contribution is -0.159. The van der Waals surface area contributed by atoms with Crippen LogP contribution in [0.1, 0.15) is 105 Å². The van der Waals surface area contributed by atoms with Gasteiger partial charge in [0.05, 0.1) is 0 Å². The van der Waals surface area contributed by atoms with Gasteiger partial charge in [-0.2, -0.15) is 0 Å². The number of esters is 1. The van der Waals surface area contributed by atoms with E-state index in [1.54, 1.807) is 41.5 Å². The van der Waals surface area contributed by atoms with E-state index in [4.69, 9.17) is 9.47 Å². The highest BCUT2D eigenvalue weighted by Gasteiger charge is 2.39. The molecule has 0 saturated heterocycles. The van der Waals surface area contributed by atoms with Gasteiger partial charge in [-0.15, -0.1) is 0 Å². The number of nitrogens with one attached hydrogen (secondary N) is 2. The third-order valence-corrected chi connectivity index (χ3v) is 7.45. The Hall–Kier alpha value is -3.88. The number of amides is 3. The average molecular weight is 638 g/mol. The molecule has 4 atom stereocenters. The Morgan fingerprint density at radius 1 is 0.783 bits per heavy atom. The predicted octanol–water partition coefficient (Wildman–Crippen LogP) is 6.54. The molecule has 0 bridgehead atoms. The molecule has 0 aromatic heterocycles. The van der Waals surface area contributed by atoms with E-state index in [2.05, 4.69) is 10.6 Å². The number of hydrogen-bond acceptors (Lipinski definition) is 6. The van der Waals surface area contributed by atoms with Crippen molar-refractivity contribution in [1.82, 2.24) is 15.5 Å². The first-order chi connectivity index (χ1) is 21.5. The van der Waals surface area contributed by atoms with E-state index in [0.29, 0.717) is 18.4 Å². The molecule has 2 aromatic carbocycles. The minimum atomic E-state index is -1.08. The molecule has 254 valence electrons. The Kier molecular flexibility index (Phi) is 14.3. The molecule has 0 aliphatic carbocycles. The number of alkyl carbamates (subject to hydrolysis) is 1. The second-order valence-electron chi connectivity index (χ2n) is 13.8. The lowest BCUT2D eigenvalue weighted by Gasteiger charge is -2.36. The Morgan fingerprint density at radius 2 is 1.37 bits per heavy atom. The topological polar surface area (TPSA) is 114 Å². The van der Waals surface area contributed by atoms with E-state index in [1.807, 2.05) is 82.3 Å². The Balaban J connectivity index is 2.60. The van der Waals surface area contributed by atoms with Crippen LogP contribution in [0.5, 0.6) is 0 Å². The SMILES string of the molecule is CCCN(C(=O)C(NC(=O)OC(C)(C)C)C(C)CC)C(C(=O)NC(Cc1ccccc1)C(=O)OC(C)(C)C)c1ccc(CC)cc1. The molecule has 0 aliphatic heterocycles. The molecular weight excluding hydrogens is 582 g/mol. The standard InChI is InChI=1S/C37H55N3O6/c1-11-23-40(33(42)30(25(4)12-2)39-35(44)46-37(8,9)10)31(28-21-19-26(13-3)20-22-28)32(41)38-29(34(43)45-36(5,6)7)24-27-17-15-14-16-18-27/h14-22,25,29-31H,11-13,23-24H2,1-10H3,(H,38,41)(H,39,44). The van der Waals surface area contributed by atoms with Crippen molar-refractivity contribution < 1.29 is 28.7 Å². The van der Waals surface area contributed by atoms with Crippen molar-refractivity contribution in [3.05, 3.63) is 71.3 Å². The van der Waals surface area contributed by atoms with Crippen molar-refractivity contribution in [3.63, 3.8) is 0 Å². The minimum Gasteiger partial charge on any atom is -0.458 e. The number of benzene rings is 2. The van der Waals surface area contributed by atoms with E-state index in [0.717, 1.165) is 17.5 Å². The summed E-state index contributed by atoms with van der Waals surface area (Å²) in [6, 6.07) is 13.9. The monoisotopic (exact) mass is 637 g/mol.